The van der Waals surface area contributed by atoms with Gasteiger partial charge in [0.05, 0.1) is 11.5 Å². The summed E-state index contributed by atoms with van der Waals surface area (Å²) in [5.41, 5.74) is 2.33. The predicted molar refractivity (Wildman–Crippen MR) is 112 cm³/mol. The van der Waals surface area contributed by atoms with Crippen molar-refractivity contribution < 1.29 is 4.79 Å². The largest absolute Gasteiger partial charge is 0.325 e. The minimum absolute atomic E-state index is 0.0454. The topological polar surface area (TPSA) is 41.1 Å². The number of amides is 1. The van der Waals surface area contributed by atoms with E-state index in [0.29, 0.717) is 10.0 Å². The molecule has 0 aromatic heterocycles. The summed E-state index contributed by atoms with van der Waals surface area (Å²) in [5, 5.41) is 8.05. The van der Waals surface area contributed by atoms with Gasteiger partial charge >= 0.3 is 0 Å². The fourth-order valence-corrected chi connectivity index (χ4v) is 5.25. The molecule has 2 aromatic carbocycles. The summed E-state index contributed by atoms with van der Waals surface area (Å²) < 4.78 is 0. The van der Waals surface area contributed by atoms with Gasteiger partial charge in [-0.25, -0.2) is 0 Å². The molecule has 4 rings (SSSR count). The second-order valence-corrected chi connectivity index (χ2v) is 9.74. The second kappa shape index (κ2) is 6.51. The highest BCUT2D eigenvalue weighted by Gasteiger charge is 2.61. The molecular weight excluding hydrogens is 379 g/mol. The van der Waals surface area contributed by atoms with Crippen LogP contribution in [0.2, 0.25) is 10.0 Å². The first-order valence-corrected chi connectivity index (χ1v) is 10.1. The van der Waals surface area contributed by atoms with Gasteiger partial charge in [-0.05, 0) is 53.1 Å². The van der Waals surface area contributed by atoms with Crippen LogP contribution in [0.25, 0.3) is 0 Å². The Balaban J connectivity index is 1.91. The number of nitrogens with one attached hydrogen (secondary N) is 2. The molecule has 3 unspecified atom stereocenters. The Morgan fingerprint density at radius 3 is 2.56 bits per heavy atom. The molecule has 27 heavy (non-hydrogen) atoms. The standard InChI is InChI=1S/C22H24Cl2N2O/c1-21(2,3)11-14-12-25-19(13-5-4-6-15(23)9-13)22(14)17-8-7-16(24)10-18(17)26-20(22)27/h4-10,14,19,25H,11-12H2,1-3H3,(H,26,27). The van der Waals surface area contributed by atoms with Crippen molar-refractivity contribution in [2.75, 3.05) is 11.9 Å². The van der Waals surface area contributed by atoms with E-state index in [4.69, 9.17) is 23.2 Å². The lowest BCUT2D eigenvalue weighted by atomic mass is 9.63. The van der Waals surface area contributed by atoms with E-state index in [1.54, 1.807) is 0 Å². The van der Waals surface area contributed by atoms with Crippen molar-refractivity contribution in [1.82, 2.24) is 5.32 Å². The molecule has 3 nitrogen and oxygen atoms in total. The van der Waals surface area contributed by atoms with Crippen LogP contribution in [0.4, 0.5) is 5.69 Å². The fraction of sp³-hybridized carbons (Fsp3) is 0.409. The van der Waals surface area contributed by atoms with Crippen molar-refractivity contribution in [2.24, 2.45) is 11.3 Å². The normalized spacial score (nSPS) is 27.1. The van der Waals surface area contributed by atoms with Gasteiger partial charge in [-0.15, -0.1) is 0 Å². The number of carbonyl (C=O) groups excluding carboxylic acids is 1. The Hall–Kier alpha value is -1.55. The fourth-order valence-electron chi connectivity index (χ4n) is 4.88. The molecule has 142 valence electrons. The number of benzene rings is 2. The highest BCUT2D eigenvalue weighted by atomic mass is 35.5. The van der Waals surface area contributed by atoms with Crippen LogP contribution in [0.1, 0.15) is 44.4 Å². The van der Waals surface area contributed by atoms with Crippen molar-refractivity contribution in [3.63, 3.8) is 0 Å². The summed E-state index contributed by atoms with van der Waals surface area (Å²) >= 11 is 12.5. The van der Waals surface area contributed by atoms with E-state index in [9.17, 15) is 4.79 Å². The van der Waals surface area contributed by atoms with Crippen molar-refractivity contribution in [1.29, 1.82) is 0 Å². The van der Waals surface area contributed by atoms with Crippen LogP contribution >= 0.6 is 23.2 Å². The zero-order chi connectivity index (χ0) is 19.4. The molecule has 1 spiro atoms. The Labute approximate surface area is 170 Å². The zero-order valence-corrected chi connectivity index (χ0v) is 17.3. The lowest BCUT2D eigenvalue weighted by Crippen LogP contribution is -2.45. The third-order valence-corrected chi connectivity index (χ3v) is 6.23. The monoisotopic (exact) mass is 402 g/mol. The molecule has 1 amide bonds. The van der Waals surface area contributed by atoms with E-state index >= 15 is 0 Å². The molecule has 0 aliphatic carbocycles. The van der Waals surface area contributed by atoms with Gasteiger partial charge in [-0.2, -0.15) is 0 Å². The van der Waals surface area contributed by atoms with E-state index < -0.39 is 5.41 Å². The Morgan fingerprint density at radius 2 is 1.85 bits per heavy atom. The van der Waals surface area contributed by atoms with Gasteiger partial charge in [-0.3, -0.25) is 4.79 Å². The Kier molecular flexibility index (Phi) is 4.53. The maximum atomic E-state index is 13.5. The Morgan fingerprint density at radius 1 is 1.11 bits per heavy atom. The van der Waals surface area contributed by atoms with Gasteiger partial charge in [0.1, 0.15) is 0 Å². The minimum atomic E-state index is -0.669. The van der Waals surface area contributed by atoms with Crippen molar-refractivity contribution >= 4 is 34.8 Å². The molecule has 2 aromatic rings. The third-order valence-electron chi connectivity index (χ3n) is 5.76. The zero-order valence-electron chi connectivity index (χ0n) is 15.8. The number of hydrogen-bond acceptors (Lipinski definition) is 2. The summed E-state index contributed by atoms with van der Waals surface area (Å²) in [4.78, 5) is 13.5. The summed E-state index contributed by atoms with van der Waals surface area (Å²) in [6.45, 7) is 7.46. The summed E-state index contributed by atoms with van der Waals surface area (Å²) in [5.74, 6) is 0.216. The first kappa shape index (κ1) is 18.8. The van der Waals surface area contributed by atoms with Gasteiger partial charge in [0.15, 0.2) is 0 Å². The molecule has 1 fully saturated rings. The molecule has 0 radical (unpaired) electrons. The molecule has 0 bridgehead atoms. The molecule has 2 heterocycles. The molecule has 3 atom stereocenters. The smallest absolute Gasteiger partial charge is 0.237 e. The van der Waals surface area contributed by atoms with Gasteiger partial charge < -0.3 is 10.6 Å². The highest BCUT2D eigenvalue weighted by Crippen LogP contribution is 2.56. The average molecular weight is 403 g/mol. The van der Waals surface area contributed by atoms with Gasteiger partial charge in [0, 0.05) is 22.3 Å². The number of anilines is 1. The van der Waals surface area contributed by atoms with Crippen LogP contribution < -0.4 is 10.6 Å². The lowest BCUT2D eigenvalue weighted by Gasteiger charge is -2.37. The van der Waals surface area contributed by atoms with Crippen LogP contribution in [0.5, 0.6) is 0 Å². The Bertz CT molecular complexity index is 905. The number of halogens is 2. The lowest BCUT2D eigenvalue weighted by molar-refractivity contribution is -0.123. The predicted octanol–water partition coefficient (Wildman–Crippen LogP) is 5.58. The van der Waals surface area contributed by atoms with Gasteiger partial charge in [0.2, 0.25) is 5.91 Å². The highest BCUT2D eigenvalue weighted by molar-refractivity contribution is 6.31. The van der Waals surface area contributed by atoms with E-state index in [1.165, 1.54) is 0 Å². The van der Waals surface area contributed by atoms with Gasteiger partial charge in [-0.1, -0.05) is 62.2 Å². The van der Waals surface area contributed by atoms with Crippen molar-refractivity contribution in [2.45, 2.75) is 38.6 Å². The summed E-state index contributed by atoms with van der Waals surface area (Å²) in [6.07, 6.45) is 0.937. The average Bonchev–Trinajstić information content (AvgIpc) is 3.06. The van der Waals surface area contributed by atoms with Gasteiger partial charge in [0.25, 0.3) is 0 Å². The quantitative estimate of drug-likeness (QED) is 0.687. The van der Waals surface area contributed by atoms with Crippen LogP contribution in [-0.2, 0) is 10.2 Å². The molecule has 2 N–H and O–H groups in total. The first-order chi connectivity index (χ1) is 12.7. The third kappa shape index (κ3) is 3.06. The molecule has 2 aliphatic rings. The van der Waals surface area contributed by atoms with E-state index in [2.05, 4.69) is 31.4 Å². The minimum Gasteiger partial charge on any atom is -0.325 e. The number of hydrogen-bond donors (Lipinski definition) is 2. The number of carbonyl (C=O) groups is 1. The SMILES string of the molecule is CC(C)(C)CC1CNC(c2cccc(Cl)c2)C12C(=O)Nc1cc(Cl)ccc12. The van der Waals surface area contributed by atoms with Crippen molar-refractivity contribution in [3.05, 3.63) is 63.6 Å². The maximum absolute atomic E-state index is 13.5. The van der Waals surface area contributed by atoms with Crippen LogP contribution in [0.3, 0.4) is 0 Å². The molecule has 1 saturated heterocycles. The number of fused-ring (bicyclic) bond motifs is 2. The summed E-state index contributed by atoms with van der Waals surface area (Å²) in [7, 11) is 0. The molecule has 5 heteroatoms. The first-order valence-electron chi connectivity index (χ1n) is 9.32. The van der Waals surface area contributed by atoms with Crippen LogP contribution in [0, 0.1) is 11.3 Å². The maximum Gasteiger partial charge on any atom is 0.237 e. The second-order valence-electron chi connectivity index (χ2n) is 8.87. The van der Waals surface area contributed by atoms with Crippen LogP contribution in [0.15, 0.2) is 42.5 Å². The van der Waals surface area contributed by atoms with Crippen molar-refractivity contribution in [3.8, 4) is 0 Å². The summed E-state index contributed by atoms with van der Waals surface area (Å²) in [6, 6.07) is 13.4. The molecular formula is C22H24Cl2N2O. The molecule has 2 aliphatic heterocycles. The van der Waals surface area contributed by atoms with Crippen LogP contribution in [-0.4, -0.2) is 12.5 Å². The molecule has 0 saturated carbocycles. The van der Waals surface area contributed by atoms with E-state index in [1.807, 2.05) is 42.5 Å². The van der Waals surface area contributed by atoms with E-state index in [-0.39, 0.29) is 23.3 Å². The number of rotatable bonds is 2. The van der Waals surface area contributed by atoms with E-state index in [0.717, 1.165) is 29.8 Å².